The second-order valence-corrected chi connectivity index (χ2v) is 4.60. The van der Waals surface area contributed by atoms with Crippen molar-refractivity contribution in [1.29, 1.82) is 5.26 Å². The monoisotopic (exact) mass is 318 g/mol. The highest BCUT2D eigenvalue weighted by atomic mass is 79.9. The fourth-order valence-corrected chi connectivity index (χ4v) is 1.97. The smallest absolute Gasteiger partial charge is 0.255 e. The van der Waals surface area contributed by atoms with Gasteiger partial charge in [0.1, 0.15) is 5.82 Å². The number of halogens is 2. The lowest BCUT2D eigenvalue weighted by Crippen LogP contribution is -2.13. The summed E-state index contributed by atoms with van der Waals surface area (Å²) in [6.07, 6.45) is 0. The fraction of sp³-hybridized carbons (Fsp3) is 0. The Hall–Kier alpha value is -2.19. The molecule has 0 heterocycles. The summed E-state index contributed by atoms with van der Waals surface area (Å²) in [7, 11) is 0. The molecule has 1 amide bonds. The molecule has 3 nitrogen and oxygen atoms in total. The standard InChI is InChI=1S/C14H8BrFN2O/c15-11-5-2-6-12(16)13(11)18-14(19)10-4-1-3-9(7-10)8-17/h1-7H,(H,18,19). The van der Waals surface area contributed by atoms with Crippen molar-refractivity contribution in [3.8, 4) is 6.07 Å². The molecule has 0 aliphatic rings. The van der Waals surface area contributed by atoms with Crippen molar-refractivity contribution in [3.63, 3.8) is 0 Å². The van der Waals surface area contributed by atoms with Gasteiger partial charge in [-0.15, -0.1) is 0 Å². The number of benzene rings is 2. The molecule has 0 radical (unpaired) electrons. The Morgan fingerprint density at radius 1 is 1.26 bits per heavy atom. The number of anilines is 1. The van der Waals surface area contributed by atoms with E-state index in [0.29, 0.717) is 15.6 Å². The van der Waals surface area contributed by atoms with Gasteiger partial charge in [0.05, 0.1) is 17.3 Å². The van der Waals surface area contributed by atoms with Crippen LogP contribution in [0.2, 0.25) is 0 Å². The Morgan fingerprint density at radius 3 is 2.68 bits per heavy atom. The maximum Gasteiger partial charge on any atom is 0.255 e. The minimum atomic E-state index is -0.529. The van der Waals surface area contributed by atoms with Gasteiger partial charge in [0.25, 0.3) is 5.91 Å². The molecule has 0 unspecified atom stereocenters. The zero-order valence-electron chi connectivity index (χ0n) is 9.65. The number of nitrogens with one attached hydrogen (secondary N) is 1. The normalized spacial score (nSPS) is 9.74. The van der Waals surface area contributed by atoms with Gasteiger partial charge in [-0.3, -0.25) is 4.79 Å². The first kappa shape index (κ1) is 13.2. The number of rotatable bonds is 2. The first-order valence-corrected chi connectivity index (χ1v) is 6.16. The lowest BCUT2D eigenvalue weighted by molar-refractivity contribution is 0.102. The van der Waals surface area contributed by atoms with Crippen molar-refractivity contribution < 1.29 is 9.18 Å². The Morgan fingerprint density at radius 2 is 2.00 bits per heavy atom. The summed E-state index contributed by atoms with van der Waals surface area (Å²) in [5.74, 6) is -0.998. The molecule has 0 aromatic heterocycles. The quantitative estimate of drug-likeness (QED) is 0.917. The zero-order chi connectivity index (χ0) is 13.8. The number of nitrogens with zero attached hydrogens (tertiary/aromatic N) is 1. The van der Waals surface area contributed by atoms with E-state index in [1.54, 1.807) is 24.3 Å². The molecule has 5 heteroatoms. The summed E-state index contributed by atoms with van der Waals surface area (Å²) in [5.41, 5.74) is 0.754. The molecule has 19 heavy (non-hydrogen) atoms. The van der Waals surface area contributed by atoms with E-state index in [-0.39, 0.29) is 5.69 Å². The van der Waals surface area contributed by atoms with Gasteiger partial charge in [0.2, 0.25) is 0 Å². The van der Waals surface area contributed by atoms with Gasteiger partial charge in [0, 0.05) is 10.0 Å². The van der Waals surface area contributed by atoms with Crippen molar-refractivity contribution in [2.45, 2.75) is 0 Å². The van der Waals surface area contributed by atoms with Crippen molar-refractivity contribution in [2.24, 2.45) is 0 Å². The third kappa shape index (κ3) is 2.98. The Labute approximate surface area is 117 Å². The number of hydrogen-bond donors (Lipinski definition) is 1. The van der Waals surface area contributed by atoms with Crippen LogP contribution < -0.4 is 5.32 Å². The van der Waals surface area contributed by atoms with Crippen molar-refractivity contribution in [2.75, 3.05) is 5.32 Å². The first-order chi connectivity index (χ1) is 9.11. The number of carbonyl (C=O) groups is 1. The van der Waals surface area contributed by atoms with E-state index in [1.165, 1.54) is 18.2 Å². The summed E-state index contributed by atoms with van der Waals surface area (Å²) in [5, 5.41) is 11.2. The van der Waals surface area contributed by atoms with E-state index >= 15 is 0 Å². The lowest BCUT2D eigenvalue weighted by Gasteiger charge is -2.08. The molecule has 0 saturated carbocycles. The lowest BCUT2D eigenvalue weighted by atomic mass is 10.1. The summed E-state index contributed by atoms with van der Waals surface area (Å²) in [6.45, 7) is 0. The third-order valence-electron chi connectivity index (χ3n) is 2.46. The van der Waals surface area contributed by atoms with Crippen LogP contribution in [0.25, 0.3) is 0 Å². The van der Waals surface area contributed by atoms with Gasteiger partial charge in [-0.25, -0.2) is 4.39 Å². The molecule has 0 aliphatic heterocycles. The van der Waals surface area contributed by atoms with Gasteiger partial charge >= 0.3 is 0 Å². The average Bonchev–Trinajstić information content (AvgIpc) is 2.43. The molecule has 2 aromatic rings. The predicted molar refractivity (Wildman–Crippen MR) is 73.2 cm³/mol. The fourth-order valence-electron chi connectivity index (χ4n) is 1.53. The van der Waals surface area contributed by atoms with Gasteiger partial charge in [-0.05, 0) is 46.3 Å². The highest BCUT2D eigenvalue weighted by molar-refractivity contribution is 9.10. The van der Waals surface area contributed by atoms with Crippen LogP contribution in [0.3, 0.4) is 0 Å². The van der Waals surface area contributed by atoms with Crippen LogP contribution >= 0.6 is 15.9 Å². The van der Waals surface area contributed by atoms with Crippen molar-refractivity contribution >= 4 is 27.5 Å². The van der Waals surface area contributed by atoms with Crippen LogP contribution in [0.15, 0.2) is 46.9 Å². The Bertz CT molecular complexity index is 659. The Balaban J connectivity index is 2.29. The molecule has 0 saturated heterocycles. The van der Waals surface area contributed by atoms with E-state index in [9.17, 15) is 9.18 Å². The second kappa shape index (κ2) is 5.63. The zero-order valence-corrected chi connectivity index (χ0v) is 11.2. The number of carbonyl (C=O) groups excluding carboxylic acids is 1. The molecule has 0 aliphatic carbocycles. The molecule has 1 N–H and O–H groups in total. The summed E-state index contributed by atoms with van der Waals surface area (Å²) < 4.78 is 14.0. The molecule has 0 atom stereocenters. The van der Waals surface area contributed by atoms with E-state index < -0.39 is 11.7 Å². The van der Waals surface area contributed by atoms with Crippen molar-refractivity contribution in [3.05, 3.63) is 63.9 Å². The SMILES string of the molecule is N#Cc1cccc(C(=O)Nc2c(F)cccc2Br)c1. The first-order valence-electron chi connectivity index (χ1n) is 5.37. The van der Waals surface area contributed by atoms with Gasteiger partial charge < -0.3 is 5.32 Å². The highest BCUT2D eigenvalue weighted by Gasteiger charge is 2.12. The average molecular weight is 319 g/mol. The minimum Gasteiger partial charge on any atom is -0.319 e. The maximum atomic E-state index is 13.6. The van der Waals surface area contributed by atoms with Crippen LogP contribution in [0.5, 0.6) is 0 Å². The molecule has 2 aromatic carbocycles. The summed E-state index contributed by atoms with van der Waals surface area (Å²) in [6, 6.07) is 12.6. The molecule has 0 bridgehead atoms. The topological polar surface area (TPSA) is 52.9 Å². The third-order valence-corrected chi connectivity index (χ3v) is 3.12. The molecular weight excluding hydrogens is 311 g/mol. The number of amides is 1. The molecule has 2 rings (SSSR count). The maximum absolute atomic E-state index is 13.6. The van der Waals surface area contributed by atoms with E-state index in [0.717, 1.165) is 0 Å². The van der Waals surface area contributed by atoms with E-state index in [4.69, 9.17) is 5.26 Å². The van der Waals surface area contributed by atoms with Gasteiger partial charge in [-0.1, -0.05) is 12.1 Å². The number of hydrogen-bond acceptors (Lipinski definition) is 2. The minimum absolute atomic E-state index is 0.0786. The van der Waals surface area contributed by atoms with Crippen molar-refractivity contribution in [1.82, 2.24) is 0 Å². The second-order valence-electron chi connectivity index (χ2n) is 3.74. The van der Waals surface area contributed by atoms with Crippen LogP contribution in [-0.4, -0.2) is 5.91 Å². The molecule has 94 valence electrons. The number of nitriles is 1. The highest BCUT2D eigenvalue weighted by Crippen LogP contribution is 2.25. The molecule has 0 spiro atoms. The van der Waals surface area contributed by atoms with Crippen LogP contribution in [-0.2, 0) is 0 Å². The summed E-state index contributed by atoms with van der Waals surface area (Å²) >= 11 is 3.17. The largest absolute Gasteiger partial charge is 0.319 e. The van der Waals surface area contributed by atoms with E-state index in [2.05, 4.69) is 21.2 Å². The van der Waals surface area contributed by atoms with E-state index in [1.807, 2.05) is 6.07 Å². The Kier molecular flexibility index (Phi) is 3.93. The molecular formula is C14H8BrFN2O. The summed E-state index contributed by atoms with van der Waals surface area (Å²) in [4.78, 5) is 12.0. The van der Waals surface area contributed by atoms with Gasteiger partial charge in [0.15, 0.2) is 0 Å². The van der Waals surface area contributed by atoms with Crippen LogP contribution in [0.4, 0.5) is 10.1 Å². The predicted octanol–water partition coefficient (Wildman–Crippen LogP) is 3.71. The van der Waals surface area contributed by atoms with Crippen LogP contribution in [0, 0.1) is 17.1 Å². The van der Waals surface area contributed by atoms with Gasteiger partial charge in [-0.2, -0.15) is 5.26 Å². The molecule has 0 fully saturated rings. The number of para-hydroxylation sites is 1. The van der Waals surface area contributed by atoms with Crippen LogP contribution in [0.1, 0.15) is 15.9 Å².